The lowest BCUT2D eigenvalue weighted by molar-refractivity contribution is -0.122. The van der Waals surface area contributed by atoms with Gasteiger partial charge in [-0.3, -0.25) is 9.78 Å². The van der Waals surface area contributed by atoms with Crippen molar-refractivity contribution in [3.05, 3.63) is 89.0 Å². The zero-order valence-corrected chi connectivity index (χ0v) is 19.9. The Labute approximate surface area is 210 Å². The van der Waals surface area contributed by atoms with Crippen LogP contribution in [0.4, 0.5) is 5.69 Å². The Bertz CT molecular complexity index is 1510. The summed E-state index contributed by atoms with van der Waals surface area (Å²) in [5.74, 6) is 0.628. The fourth-order valence-corrected chi connectivity index (χ4v) is 3.83. The minimum absolute atomic E-state index is 0.312. The highest BCUT2D eigenvalue weighted by Crippen LogP contribution is 2.28. The molecule has 5 rings (SSSR count). The summed E-state index contributed by atoms with van der Waals surface area (Å²) in [6.45, 7) is 1.64. The van der Waals surface area contributed by atoms with Gasteiger partial charge in [-0.25, -0.2) is 0 Å². The fraction of sp³-hybridized carbons (Fsp3) is 0.0800. The topological polar surface area (TPSA) is 94.3 Å². The van der Waals surface area contributed by atoms with Crippen LogP contribution in [0.1, 0.15) is 6.92 Å². The number of hydrogen-bond acceptors (Lipinski definition) is 6. The highest BCUT2D eigenvalue weighted by Gasteiger charge is 2.17. The van der Waals surface area contributed by atoms with Crippen molar-refractivity contribution in [1.82, 2.24) is 24.8 Å². The highest BCUT2D eigenvalue weighted by molar-refractivity contribution is 6.35. The lowest BCUT2D eigenvalue weighted by Crippen LogP contribution is -2.30. The predicted molar refractivity (Wildman–Crippen MR) is 135 cm³/mol. The van der Waals surface area contributed by atoms with Gasteiger partial charge >= 0.3 is 0 Å². The number of carbonyl (C=O) groups is 1. The molecule has 3 aromatic heterocycles. The van der Waals surface area contributed by atoms with Crippen molar-refractivity contribution >= 4 is 40.4 Å². The standard InChI is InChI=1S/C25H18Cl2N6O2/c1-15(35-22-11-7-17(26)14-19(22)27)25(34)29-18-8-5-16(6-9-18)20-10-12-23-30-31-24(33(23)32-20)21-4-2-3-13-28-21/h2-15H,1H3,(H,29,34). The van der Waals surface area contributed by atoms with Crippen molar-refractivity contribution < 1.29 is 9.53 Å². The average molecular weight is 505 g/mol. The van der Waals surface area contributed by atoms with Crippen molar-refractivity contribution in [2.24, 2.45) is 0 Å². The predicted octanol–water partition coefficient (Wildman–Crippen LogP) is 5.57. The Hall–Kier alpha value is -4.01. The number of nitrogens with zero attached hydrogens (tertiary/aromatic N) is 5. The fourth-order valence-electron chi connectivity index (χ4n) is 3.38. The molecule has 0 aliphatic heterocycles. The van der Waals surface area contributed by atoms with E-state index in [4.69, 9.17) is 27.9 Å². The van der Waals surface area contributed by atoms with Gasteiger partial charge in [-0.15, -0.1) is 10.2 Å². The molecule has 0 fully saturated rings. The lowest BCUT2D eigenvalue weighted by atomic mass is 10.1. The van der Waals surface area contributed by atoms with Gasteiger partial charge < -0.3 is 10.1 Å². The van der Waals surface area contributed by atoms with Crippen LogP contribution < -0.4 is 10.1 Å². The zero-order valence-electron chi connectivity index (χ0n) is 18.4. The van der Waals surface area contributed by atoms with Crippen LogP contribution in [0.2, 0.25) is 10.0 Å². The Kier molecular flexibility index (Phi) is 6.31. The van der Waals surface area contributed by atoms with Gasteiger partial charge in [0.2, 0.25) is 5.82 Å². The van der Waals surface area contributed by atoms with Gasteiger partial charge in [0.25, 0.3) is 5.91 Å². The van der Waals surface area contributed by atoms with Crippen LogP contribution >= 0.6 is 23.2 Å². The molecule has 0 aliphatic carbocycles. The number of aromatic nitrogens is 5. The molecular formula is C25H18Cl2N6O2. The Morgan fingerprint density at radius 2 is 1.80 bits per heavy atom. The van der Waals surface area contributed by atoms with Crippen LogP contribution in [0, 0.1) is 0 Å². The van der Waals surface area contributed by atoms with Crippen LogP contribution in [-0.2, 0) is 4.79 Å². The van der Waals surface area contributed by atoms with E-state index < -0.39 is 6.10 Å². The van der Waals surface area contributed by atoms with Crippen molar-refractivity contribution in [2.45, 2.75) is 13.0 Å². The Balaban J connectivity index is 1.31. The monoisotopic (exact) mass is 504 g/mol. The van der Waals surface area contributed by atoms with Crippen molar-refractivity contribution in [3.63, 3.8) is 0 Å². The van der Waals surface area contributed by atoms with E-state index >= 15 is 0 Å². The molecule has 1 unspecified atom stereocenters. The molecule has 10 heteroatoms. The molecular weight excluding hydrogens is 487 g/mol. The summed E-state index contributed by atoms with van der Waals surface area (Å²) in [6.07, 6.45) is 0.930. The largest absolute Gasteiger partial charge is 0.479 e. The number of carbonyl (C=O) groups excluding carboxylic acids is 1. The number of hydrogen-bond donors (Lipinski definition) is 1. The molecule has 5 aromatic rings. The number of amides is 1. The second-order valence-corrected chi connectivity index (χ2v) is 8.47. The Morgan fingerprint density at radius 3 is 2.54 bits per heavy atom. The molecule has 174 valence electrons. The normalized spacial score (nSPS) is 11.9. The van der Waals surface area contributed by atoms with Crippen molar-refractivity contribution in [3.8, 4) is 28.5 Å². The summed E-state index contributed by atoms with van der Waals surface area (Å²) in [5, 5.41) is 16.7. The third-order valence-corrected chi connectivity index (χ3v) is 5.70. The molecule has 0 saturated carbocycles. The molecule has 0 saturated heterocycles. The summed E-state index contributed by atoms with van der Waals surface area (Å²) >= 11 is 12.0. The summed E-state index contributed by atoms with van der Waals surface area (Å²) in [7, 11) is 0. The minimum atomic E-state index is -0.767. The maximum atomic E-state index is 12.6. The number of halogens is 2. The smallest absolute Gasteiger partial charge is 0.265 e. The van der Waals surface area contributed by atoms with Gasteiger partial charge in [0.05, 0.1) is 10.7 Å². The molecule has 2 aromatic carbocycles. The zero-order chi connectivity index (χ0) is 24.4. The molecule has 0 spiro atoms. The summed E-state index contributed by atoms with van der Waals surface area (Å²) in [5.41, 5.74) is 3.51. The van der Waals surface area contributed by atoms with Gasteiger partial charge in [-0.1, -0.05) is 41.4 Å². The SMILES string of the molecule is CC(Oc1ccc(Cl)cc1Cl)C(=O)Nc1ccc(-c2ccc3nnc(-c4ccccn4)n3n2)cc1. The highest BCUT2D eigenvalue weighted by atomic mass is 35.5. The van der Waals surface area contributed by atoms with Crippen LogP contribution in [0.5, 0.6) is 5.75 Å². The first-order valence-corrected chi connectivity index (χ1v) is 11.4. The first-order valence-electron chi connectivity index (χ1n) is 10.6. The first kappa shape index (κ1) is 22.8. The number of ether oxygens (including phenoxy) is 1. The molecule has 1 N–H and O–H groups in total. The molecule has 0 aliphatic rings. The number of benzene rings is 2. The third-order valence-electron chi connectivity index (χ3n) is 5.17. The maximum Gasteiger partial charge on any atom is 0.265 e. The van der Waals surface area contributed by atoms with E-state index in [-0.39, 0.29) is 5.91 Å². The molecule has 0 radical (unpaired) electrons. The van der Waals surface area contributed by atoms with E-state index in [0.29, 0.717) is 38.6 Å². The maximum absolute atomic E-state index is 12.6. The van der Waals surface area contributed by atoms with Crippen molar-refractivity contribution in [1.29, 1.82) is 0 Å². The molecule has 3 heterocycles. The summed E-state index contributed by atoms with van der Waals surface area (Å²) in [4.78, 5) is 16.9. The number of rotatable bonds is 6. The molecule has 1 amide bonds. The van der Waals surface area contributed by atoms with Crippen LogP contribution in [0.3, 0.4) is 0 Å². The Morgan fingerprint density at radius 1 is 0.971 bits per heavy atom. The minimum Gasteiger partial charge on any atom is -0.479 e. The molecule has 1 atom stereocenters. The van der Waals surface area contributed by atoms with Gasteiger partial charge in [0.1, 0.15) is 11.4 Å². The first-order chi connectivity index (χ1) is 17.0. The van der Waals surface area contributed by atoms with Gasteiger partial charge in [0.15, 0.2) is 11.8 Å². The van der Waals surface area contributed by atoms with Gasteiger partial charge in [-0.05, 0) is 61.5 Å². The van der Waals surface area contributed by atoms with Crippen molar-refractivity contribution in [2.75, 3.05) is 5.32 Å². The molecule has 0 bridgehead atoms. The van der Waals surface area contributed by atoms with Crippen LogP contribution in [0.15, 0.2) is 79.0 Å². The lowest BCUT2D eigenvalue weighted by Gasteiger charge is -2.16. The van der Waals surface area contributed by atoms with Gasteiger partial charge in [-0.2, -0.15) is 9.61 Å². The van der Waals surface area contributed by atoms with E-state index in [1.54, 1.807) is 48.0 Å². The summed E-state index contributed by atoms with van der Waals surface area (Å²) < 4.78 is 7.34. The second kappa shape index (κ2) is 9.69. The van der Waals surface area contributed by atoms with Crippen LogP contribution in [-0.4, -0.2) is 36.8 Å². The number of nitrogens with one attached hydrogen (secondary N) is 1. The van der Waals surface area contributed by atoms with Gasteiger partial charge in [0, 0.05) is 22.5 Å². The third kappa shape index (κ3) is 4.94. The number of pyridine rings is 1. The van der Waals surface area contributed by atoms with E-state index in [2.05, 4.69) is 25.6 Å². The van der Waals surface area contributed by atoms with E-state index in [1.807, 2.05) is 42.5 Å². The van der Waals surface area contributed by atoms with E-state index in [1.165, 1.54) is 0 Å². The van der Waals surface area contributed by atoms with E-state index in [0.717, 1.165) is 11.3 Å². The second-order valence-electron chi connectivity index (χ2n) is 7.63. The van der Waals surface area contributed by atoms with Crippen LogP contribution in [0.25, 0.3) is 28.4 Å². The number of fused-ring (bicyclic) bond motifs is 1. The summed E-state index contributed by atoms with van der Waals surface area (Å²) in [6, 6.07) is 21.5. The average Bonchev–Trinajstić information content (AvgIpc) is 3.30. The molecule has 35 heavy (non-hydrogen) atoms. The van der Waals surface area contributed by atoms with E-state index in [9.17, 15) is 4.79 Å². The number of anilines is 1. The quantitative estimate of drug-likeness (QED) is 0.325. The molecule has 8 nitrogen and oxygen atoms in total.